The van der Waals surface area contributed by atoms with E-state index >= 15 is 0 Å². The number of benzene rings is 3. The van der Waals surface area contributed by atoms with E-state index in [0.29, 0.717) is 30.2 Å². The van der Waals surface area contributed by atoms with Crippen LogP contribution in [0.5, 0.6) is 11.5 Å². The number of nitrogens with one attached hydrogen (secondary N) is 2. The van der Waals surface area contributed by atoms with E-state index in [1.165, 1.54) is 0 Å². The summed E-state index contributed by atoms with van der Waals surface area (Å²) in [5, 5.41) is 5.92. The molecule has 2 heterocycles. The first-order chi connectivity index (χ1) is 17.1. The fraction of sp³-hybridized carbons (Fsp3) is 0.192. The minimum absolute atomic E-state index is 0.0705. The fourth-order valence-electron chi connectivity index (χ4n) is 4.06. The molecule has 0 spiro atoms. The summed E-state index contributed by atoms with van der Waals surface area (Å²) in [5.41, 5.74) is 2.98. The molecule has 2 amide bonds. The zero-order valence-electron chi connectivity index (χ0n) is 18.9. The van der Waals surface area contributed by atoms with E-state index in [4.69, 9.17) is 21.7 Å². The number of ether oxygens (including phenoxy) is 2. The van der Waals surface area contributed by atoms with Crippen molar-refractivity contribution in [3.05, 3.63) is 83.9 Å². The Morgan fingerprint density at radius 3 is 2.26 bits per heavy atom. The molecule has 0 aromatic heterocycles. The van der Waals surface area contributed by atoms with Gasteiger partial charge in [0.1, 0.15) is 0 Å². The largest absolute Gasteiger partial charge is 0.454 e. The molecular weight excluding hydrogens is 464 g/mol. The molecule has 2 N–H and O–H groups in total. The molecule has 3 aromatic carbocycles. The molecule has 35 heavy (non-hydrogen) atoms. The molecule has 0 atom stereocenters. The highest BCUT2D eigenvalue weighted by atomic mass is 32.1. The summed E-state index contributed by atoms with van der Waals surface area (Å²) in [4.78, 5) is 29.3. The third-order valence-corrected chi connectivity index (χ3v) is 6.14. The lowest BCUT2D eigenvalue weighted by Gasteiger charge is -2.36. The standard InChI is InChI=1S/C26H24N4O4S/c31-24(19-6-11-22-23(16-19)34-17-33-22)28-26(35)27-20-7-9-21(10-8-20)29-12-14-30(15-13-29)25(32)18-4-2-1-3-5-18/h1-11,16H,12-15,17H2,(H2,27,28,31,35). The van der Waals surface area contributed by atoms with Gasteiger partial charge in [-0.1, -0.05) is 18.2 Å². The summed E-state index contributed by atoms with van der Waals surface area (Å²) < 4.78 is 10.6. The molecule has 1 saturated heterocycles. The van der Waals surface area contributed by atoms with Crippen molar-refractivity contribution in [1.29, 1.82) is 0 Å². The molecule has 0 aliphatic carbocycles. The smallest absolute Gasteiger partial charge is 0.257 e. The predicted molar refractivity (Wildman–Crippen MR) is 137 cm³/mol. The number of thiocarbonyl (C=S) groups is 1. The summed E-state index contributed by atoms with van der Waals surface area (Å²) in [6, 6.07) is 22.2. The summed E-state index contributed by atoms with van der Waals surface area (Å²) in [5.74, 6) is 0.894. The van der Waals surface area contributed by atoms with Crippen LogP contribution in [0.25, 0.3) is 0 Å². The van der Waals surface area contributed by atoms with Crippen LogP contribution in [0.2, 0.25) is 0 Å². The second kappa shape index (κ2) is 10.0. The van der Waals surface area contributed by atoms with Gasteiger partial charge in [0, 0.05) is 48.7 Å². The van der Waals surface area contributed by atoms with E-state index < -0.39 is 0 Å². The molecule has 5 rings (SSSR count). The highest BCUT2D eigenvalue weighted by Gasteiger charge is 2.22. The SMILES string of the molecule is O=C(NC(=S)Nc1ccc(N2CCN(C(=O)c3ccccc3)CC2)cc1)c1ccc2c(c1)OCO2. The number of hydrogen-bond donors (Lipinski definition) is 2. The summed E-state index contributed by atoms with van der Waals surface area (Å²) in [7, 11) is 0. The van der Waals surface area contributed by atoms with Gasteiger partial charge in [-0.2, -0.15) is 0 Å². The number of anilines is 2. The molecule has 0 radical (unpaired) electrons. The Hall–Kier alpha value is -4.11. The van der Waals surface area contributed by atoms with E-state index in [1.54, 1.807) is 18.2 Å². The number of hydrogen-bond acceptors (Lipinski definition) is 6. The lowest BCUT2D eigenvalue weighted by atomic mass is 10.1. The van der Waals surface area contributed by atoms with Gasteiger partial charge in [0.25, 0.3) is 11.8 Å². The van der Waals surface area contributed by atoms with E-state index in [1.807, 2.05) is 59.5 Å². The van der Waals surface area contributed by atoms with Gasteiger partial charge in [-0.3, -0.25) is 14.9 Å². The van der Waals surface area contributed by atoms with Crippen LogP contribution in [-0.4, -0.2) is 54.8 Å². The highest BCUT2D eigenvalue weighted by molar-refractivity contribution is 7.80. The molecular formula is C26H24N4O4S. The van der Waals surface area contributed by atoms with Gasteiger partial charge in [-0.25, -0.2) is 0 Å². The van der Waals surface area contributed by atoms with Crippen molar-refractivity contribution in [1.82, 2.24) is 10.2 Å². The predicted octanol–water partition coefficient (Wildman–Crippen LogP) is 3.50. The van der Waals surface area contributed by atoms with Gasteiger partial charge >= 0.3 is 0 Å². The van der Waals surface area contributed by atoms with Gasteiger partial charge < -0.3 is 24.6 Å². The molecule has 2 aliphatic rings. The topological polar surface area (TPSA) is 83.1 Å². The van der Waals surface area contributed by atoms with Crippen molar-refractivity contribution in [2.75, 3.05) is 43.2 Å². The minimum atomic E-state index is -0.333. The number of fused-ring (bicyclic) bond motifs is 1. The monoisotopic (exact) mass is 488 g/mol. The third-order valence-electron chi connectivity index (χ3n) is 5.94. The van der Waals surface area contributed by atoms with Crippen LogP contribution in [0, 0.1) is 0 Å². The Morgan fingerprint density at radius 2 is 1.51 bits per heavy atom. The molecule has 2 aliphatic heterocycles. The van der Waals surface area contributed by atoms with Gasteiger partial charge in [0.15, 0.2) is 16.6 Å². The Balaban J connectivity index is 1.12. The van der Waals surface area contributed by atoms with Crippen molar-refractivity contribution in [2.24, 2.45) is 0 Å². The number of carbonyl (C=O) groups excluding carboxylic acids is 2. The quantitative estimate of drug-likeness (QED) is 0.544. The normalized spacial score (nSPS) is 14.4. The van der Waals surface area contributed by atoms with Crippen molar-refractivity contribution in [3.8, 4) is 11.5 Å². The summed E-state index contributed by atoms with van der Waals surface area (Å²) in [6.45, 7) is 3.01. The van der Waals surface area contributed by atoms with Crippen molar-refractivity contribution in [2.45, 2.75) is 0 Å². The molecule has 178 valence electrons. The van der Waals surface area contributed by atoms with Crippen LogP contribution in [-0.2, 0) is 0 Å². The molecule has 0 unspecified atom stereocenters. The molecule has 0 saturated carbocycles. The molecule has 3 aromatic rings. The van der Waals surface area contributed by atoms with E-state index in [-0.39, 0.29) is 23.7 Å². The average molecular weight is 489 g/mol. The van der Waals surface area contributed by atoms with Crippen LogP contribution in [0.1, 0.15) is 20.7 Å². The molecule has 8 nitrogen and oxygen atoms in total. The molecule has 0 bridgehead atoms. The van der Waals surface area contributed by atoms with Crippen molar-refractivity contribution < 1.29 is 19.1 Å². The average Bonchev–Trinajstić information content (AvgIpc) is 3.37. The highest BCUT2D eigenvalue weighted by Crippen LogP contribution is 2.32. The van der Waals surface area contributed by atoms with E-state index in [9.17, 15) is 9.59 Å². The number of nitrogens with zero attached hydrogens (tertiary/aromatic N) is 2. The Kier molecular flexibility index (Phi) is 6.49. The minimum Gasteiger partial charge on any atom is -0.454 e. The maximum absolute atomic E-state index is 12.7. The first-order valence-corrected chi connectivity index (χ1v) is 11.7. The maximum Gasteiger partial charge on any atom is 0.257 e. The van der Waals surface area contributed by atoms with Gasteiger partial charge in [-0.15, -0.1) is 0 Å². The third kappa shape index (κ3) is 5.20. The zero-order valence-corrected chi connectivity index (χ0v) is 19.7. The lowest BCUT2D eigenvalue weighted by Crippen LogP contribution is -2.48. The Labute approximate surface area is 208 Å². The van der Waals surface area contributed by atoms with Crippen LogP contribution in [0.3, 0.4) is 0 Å². The Bertz CT molecular complexity index is 1240. The fourth-order valence-corrected chi connectivity index (χ4v) is 4.27. The first kappa shape index (κ1) is 22.7. The lowest BCUT2D eigenvalue weighted by molar-refractivity contribution is 0.0746. The molecule has 9 heteroatoms. The van der Waals surface area contributed by atoms with Gasteiger partial charge in [-0.05, 0) is 66.8 Å². The number of rotatable bonds is 4. The van der Waals surface area contributed by atoms with E-state index in [0.717, 1.165) is 30.0 Å². The summed E-state index contributed by atoms with van der Waals surface area (Å²) >= 11 is 5.30. The molecule has 1 fully saturated rings. The second-order valence-corrected chi connectivity index (χ2v) is 8.58. The zero-order chi connectivity index (χ0) is 24.2. The second-order valence-electron chi connectivity index (χ2n) is 8.17. The van der Waals surface area contributed by atoms with Crippen LogP contribution >= 0.6 is 12.2 Å². The number of piperazine rings is 1. The van der Waals surface area contributed by atoms with Crippen molar-refractivity contribution >= 4 is 40.5 Å². The van der Waals surface area contributed by atoms with Gasteiger partial charge in [0.2, 0.25) is 6.79 Å². The summed E-state index contributed by atoms with van der Waals surface area (Å²) in [6.07, 6.45) is 0. The van der Waals surface area contributed by atoms with Crippen LogP contribution in [0.15, 0.2) is 72.8 Å². The number of amides is 2. The maximum atomic E-state index is 12.7. The van der Waals surface area contributed by atoms with E-state index in [2.05, 4.69) is 15.5 Å². The number of carbonyl (C=O) groups is 2. The Morgan fingerprint density at radius 1 is 0.800 bits per heavy atom. The van der Waals surface area contributed by atoms with Crippen molar-refractivity contribution in [3.63, 3.8) is 0 Å². The first-order valence-electron chi connectivity index (χ1n) is 11.3. The van der Waals surface area contributed by atoms with Gasteiger partial charge in [0.05, 0.1) is 0 Å². The van der Waals surface area contributed by atoms with Crippen LogP contribution in [0.4, 0.5) is 11.4 Å². The van der Waals surface area contributed by atoms with Crippen LogP contribution < -0.4 is 25.0 Å².